The average molecular weight is 341 g/mol. The Morgan fingerprint density at radius 3 is 2.50 bits per heavy atom. The van der Waals surface area contributed by atoms with Crippen molar-refractivity contribution in [2.45, 2.75) is 19.3 Å². The lowest BCUT2D eigenvalue weighted by Gasteiger charge is -2.15. The molecule has 0 spiro atoms. The van der Waals surface area contributed by atoms with Crippen LogP contribution in [0.4, 0.5) is 13.6 Å². The molecule has 132 valence electrons. The second-order valence-corrected chi connectivity index (χ2v) is 5.44. The van der Waals surface area contributed by atoms with Gasteiger partial charge >= 0.3 is 6.03 Å². The van der Waals surface area contributed by atoms with Gasteiger partial charge < -0.3 is 20.3 Å². The summed E-state index contributed by atoms with van der Waals surface area (Å²) < 4.78 is 30.9. The lowest BCUT2D eigenvalue weighted by molar-refractivity contribution is -0.129. The first-order chi connectivity index (χ1) is 11.6. The van der Waals surface area contributed by atoms with E-state index < -0.39 is 17.7 Å². The van der Waals surface area contributed by atoms with Crippen LogP contribution in [0, 0.1) is 11.6 Å². The van der Waals surface area contributed by atoms with Crippen molar-refractivity contribution < 1.29 is 23.1 Å². The number of carbonyl (C=O) groups is 2. The number of hydrogen-bond donors (Lipinski definition) is 2. The molecule has 1 aromatic rings. The van der Waals surface area contributed by atoms with E-state index in [0.717, 1.165) is 38.1 Å². The minimum atomic E-state index is -0.985. The van der Waals surface area contributed by atoms with Crippen molar-refractivity contribution >= 4 is 11.9 Å². The van der Waals surface area contributed by atoms with Gasteiger partial charge in [0.25, 0.3) is 0 Å². The molecule has 1 saturated heterocycles. The third kappa shape index (κ3) is 5.68. The van der Waals surface area contributed by atoms with E-state index >= 15 is 0 Å². The standard InChI is InChI=1S/C16H21F2N3O3/c17-13-4-3-12(11-14(13)18)24-10-7-20-16(23)19-6-5-15(22)21-8-1-2-9-21/h3-4,11H,1-2,5-10H2,(H2,19,20,23). The van der Waals surface area contributed by atoms with Crippen molar-refractivity contribution in [1.82, 2.24) is 15.5 Å². The molecule has 1 fully saturated rings. The summed E-state index contributed by atoms with van der Waals surface area (Å²) in [6.45, 7) is 2.18. The number of halogens is 2. The number of ether oxygens (including phenoxy) is 1. The number of hydrogen-bond acceptors (Lipinski definition) is 3. The molecule has 1 aliphatic heterocycles. The summed E-state index contributed by atoms with van der Waals surface area (Å²) in [7, 11) is 0. The fourth-order valence-electron chi connectivity index (χ4n) is 2.37. The maximum Gasteiger partial charge on any atom is 0.314 e. The highest BCUT2D eigenvalue weighted by Gasteiger charge is 2.17. The molecular formula is C16H21F2N3O3. The largest absolute Gasteiger partial charge is 0.492 e. The van der Waals surface area contributed by atoms with E-state index in [1.165, 1.54) is 6.07 Å². The summed E-state index contributed by atoms with van der Waals surface area (Å²) in [5.41, 5.74) is 0. The van der Waals surface area contributed by atoms with Crippen LogP contribution < -0.4 is 15.4 Å². The van der Waals surface area contributed by atoms with Crippen LogP contribution in [-0.2, 0) is 4.79 Å². The van der Waals surface area contributed by atoms with Gasteiger partial charge in [0.05, 0.1) is 6.54 Å². The number of amides is 3. The van der Waals surface area contributed by atoms with E-state index in [-0.39, 0.29) is 37.8 Å². The third-order valence-electron chi connectivity index (χ3n) is 3.63. The summed E-state index contributed by atoms with van der Waals surface area (Å²) in [6.07, 6.45) is 2.36. The highest BCUT2D eigenvalue weighted by Crippen LogP contribution is 2.14. The number of likely N-dealkylation sites (tertiary alicyclic amines) is 1. The molecule has 0 aromatic heterocycles. The Bertz CT molecular complexity index is 578. The molecule has 3 amide bonds. The van der Waals surface area contributed by atoms with Crippen LogP contribution in [0.25, 0.3) is 0 Å². The van der Waals surface area contributed by atoms with Crippen molar-refractivity contribution in [3.63, 3.8) is 0 Å². The molecule has 6 nitrogen and oxygen atoms in total. The molecule has 1 heterocycles. The molecule has 1 aliphatic rings. The van der Waals surface area contributed by atoms with Gasteiger partial charge in [0.15, 0.2) is 11.6 Å². The lowest BCUT2D eigenvalue weighted by Crippen LogP contribution is -2.39. The molecule has 2 N–H and O–H groups in total. The SMILES string of the molecule is O=C(NCCOc1ccc(F)c(F)c1)NCCC(=O)N1CCCC1. The minimum absolute atomic E-state index is 0.0504. The van der Waals surface area contributed by atoms with Crippen LogP contribution in [0.1, 0.15) is 19.3 Å². The molecule has 0 bridgehead atoms. The number of urea groups is 1. The Labute approximate surface area is 139 Å². The van der Waals surface area contributed by atoms with Gasteiger partial charge in [0.1, 0.15) is 12.4 Å². The second kappa shape index (κ2) is 9.05. The molecule has 0 unspecified atom stereocenters. The normalized spacial score (nSPS) is 13.7. The maximum atomic E-state index is 13.0. The average Bonchev–Trinajstić information content (AvgIpc) is 3.09. The van der Waals surface area contributed by atoms with Gasteiger partial charge in [0.2, 0.25) is 5.91 Å². The molecule has 24 heavy (non-hydrogen) atoms. The molecule has 0 radical (unpaired) electrons. The first-order valence-electron chi connectivity index (χ1n) is 7.93. The van der Waals surface area contributed by atoms with Crippen LogP contribution in [0.2, 0.25) is 0 Å². The monoisotopic (exact) mass is 341 g/mol. The molecule has 2 rings (SSSR count). The van der Waals surface area contributed by atoms with Crippen molar-refractivity contribution in [2.24, 2.45) is 0 Å². The zero-order valence-electron chi connectivity index (χ0n) is 13.3. The van der Waals surface area contributed by atoms with E-state index in [1.54, 1.807) is 4.90 Å². The highest BCUT2D eigenvalue weighted by molar-refractivity contribution is 5.78. The molecule has 8 heteroatoms. The van der Waals surface area contributed by atoms with Crippen LogP contribution in [-0.4, -0.2) is 49.6 Å². The summed E-state index contributed by atoms with van der Waals surface area (Å²) in [5.74, 6) is -1.69. The van der Waals surface area contributed by atoms with Crippen LogP contribution in [0.5, 0.6) is 5.75 Å². The summed E-state index contributed by atoms with van der Waals surface area (Å²) in [6, 6.07) is 2.82. The summed E-state index contributed by atoms with van der Waals surface area (Å²) in [4.78, 5) is 25.1. The van der Waals surface area contributed by atoms with E-state index in [0.29, 0.717) is 0 Å². The summed E-state index contributed by atoms with van der Waals surface area (Å²) in [5, 5.41) is 5.14. The van der Waals surface area contributed by atoms with Crippen LogP contribution in [0.3, 0.4) is 0 Å². The number of nitrogens with one attached hydrogen (secondary N) is 2. The Morgan fingerprint density at radius 2 is 1.79 bits per heavy atom. The Balaban J connectivity index is 1.54. The highest BCUT2D eigenvalue weighted by atomic mass is 19.2. The van der Waals surface area contributed by atoms with Gasteiger partial charge in [0, 0.05) is 32.1 Å². The molecule has 1 aromatic carbocycles. The van der Waals surface area contributed by atoms with Crippen LogP contribution in [0.15, 0.2) is 18.2 Å². The second-order valence-electron chi connectivity index (χ2n) is 5.44. The number of carbonyl (C=O) groups excluding carboxylic acids is 2. The van der Waals surface area contributed by atoms with Gasteiger partial charge in [-0.05, 0) is 25.0 Å². The predicted octanol–water partition coefficient (Wildman–Crippen LogP) is 1.66. The van der Waals surface area contributed by atoms with Gasteiger partial charge in [-0.25, -0.2) is 13.6 Å². The first kappa shape index (κ1) is 18.0. The van der Waals surface area contributed by atoms with Crippen molar-refractivity contribution in [2.75, 3.05) is 32.8 Å². The summed E-state index contributed by atoms with van der Waals surface area (Å²) >= 11 is 0. The van der Waals surface area contributed by atoms with Crippen molar-refractivity contribution in [3.8, 4) is 5.75 Å². The third-order valence-corrected chi connectivity index (χ3v) is 3.63. The van der Waals surface area contributed by atoms with E-state index in [2.05, 4.69) is 10.6 Å². The van der Waals surface area contributed by atoms with E-state index in [4.69, 9.17) is 4.74 Å². The fourth-order valence-corrected chi connectivity index (χ4v) is 2.37. The Morgan fingerprint density at radius 1 is 1.08 bits per heavy atom. The van der Waals surface area contributed by atoms with E-state index in [9.17, 15) is 18.4 Å². The Kier molecular flexibility index (Phi) is 6.77. The van der Waals surface area contributed by atoms with Gasteiger partial charge in [-0.15, -0.1) is 0 Å². The van der Waals surface area contributed by atoms with E-state index in [1.807, 2.05) is 0 Å². The predicted molar refractivity (Wildman–Crippen MR) is 83.7 cm³/mol. The number of benzene rings is 1. The van der Waals surface area contributed by atoms with Gasteiger partial charge in [-0.3, -0.25) is 4.79 Å². The Hall–Kier alpha value is -2.38. The topological polar surface area (TPSA) is 70.7 Å². The van der Waals surface area contributed by atoms with Crippen LogP contribution >= 0.6 is 0 Å². The first-order valence-corrected chi connectivity index (χ1v) is 7.93. The zero-order valence-corrected chi connectivity index (χ0v) is 13.3. The zero-order chi connectivity index (χ0) is 17.4. The maximum absolute atomic E-state index is 13.0. The van der Waals surface area contributed by atoms with Crippen molar-refractivity contribution in [1.29, 1.82) is 0 Å². The number of rotatable bonds is 7. The lowest BCUT2D eigenvalue weighted by atomic mass is 10.3. The smallest absolute Gasteiger partial charge is 0.314 e. The number of nitrogens with zero attached hydrogens (tertiary/aromatic N) is 1. The molecular weight excluding hydrogens is 320 g/mol. The molecule has 0 aliphatic carbocycles. The van der Waals surface area contributed by atoms with Crippen molar-refractivity contribution in [3.05, 3.63) is 29.8 Å². The van der Waals surface area contributed by atoms with Gasteiger partial charge in [-0.2, -0.15) is 0 Å². The molecule has 0 saturated carbocycles. The quantitative estimate of drug-likeness (QED) is 0.741. The molecule has 0 atom stereocenters. The van der Waals surface area contributed by atoms with Gasteiger partial charge in [-0.1, -0.05) is 0 Å². The fraction of sp³-hybridized carbons (Fsp3) is 0.500. The minimum Gasteiger partial charge on any atom is -0.492 e.